The molecule has 0 aromatic heterocycles. The summed E-state index contributed by atoms with van der Waals surface area (Å²) in [5.74, 6) is -1.07. The molecule has 0 spiro atoms. The Morgan fingerprint density at radius 2 is 1.67 bits per heavy atom. The Bertz CT molecular complexity index is 1130. The Morgan fingerprint density at radius 3 is 2.40 bits per heavy atom. The number of carbonyl (C=O) groups is 4. The summed E-state index contributed by atoms with van der Waals surface area (Å²) in [5.41, 5.74) is 1.13. The molecule has 3 rings (SSSR count). The summed E-state index contributed by atoms with van der Waals surface area (Å²) in [4.78, 5) is 51.5. The molecule has 45 heavy (non-hydrogen) atoms. The molecule has 248 valence electrons. The Kier molecular flexibility index (Phi) is 16.2. The number of allylic oxidation sites excluding steroid dienone is 2. The molecule has 0 bridgehead atoms. The van der Waals surface area contributed by atoms with Gasteiger partial charge in [0.25, 0.3) is 0 Å². The molecule has 0 radical (unpaired) electrons. The van der Waals surface area contributed by atoms with Gasteiger partial charge >= 0.3 is 6.03 Å². The molecule has 6 N–H and O–H groups in total. The lowest BCUT2D eigenvalue weighted by Crippen LogP contribution is -2.56. The van der Waals surface area contributed by atoms with Crippen molar-refractivity contribution in [1.29, 1.82) is 0 Å². The third-order valence-electron chi connectivity index (χ3n) is 8.20. The highest BCUT2D eigenvalue weighted by Crippen LogP contribution is 2.21. The Morgan fingerprint density at radius 1 is 0.933 bits per heavy atom. The molecule has 1 aliphatic carbocycles. The van der Waals surface area contributed by atoms with Crippen LogP contribution in [-0.4, -0.2) is 67.1 Å². The number of unbranched alkanes of at least 4 members (excludes halogenated alkanes) is 9. The van der Waals surface area contributed by atoms with Crippen LogP contribution in [0.15, 0.2) is 60.3 Å². The zero-order valence-corrected chi connectivity index (χ0v) is 27.1. The summed E-state index contributed by atoms with van der Waals surface area (Å²) >= 11 is 0. The van der Waals surface area contributed by atoms with Gasteiger partial charge in [0.15, 0.2) is 0 Å². The van der Waals surface area contributed by atoms with Crippen LogP contribution in [0.25, 0.3) is 0 Å². The summed E-state index contributed by atoms with van der Waals surface area (Å²) in [5, 5.41) is 17.7. The van der Waals surface area contributed by atoms with Gasteiger partial charge in [0.1, 0.15) is 12.1 Å². The predicted octanol–water partition coefficient (Wildman–Crippen LogP) is 3.98. The second-order valence-electron chi connectivity index (χ2n) is 12.2. The van der Waals surface area contributed by atoms with Gasteiger partial charge in [-0.15, -0.1) is 0 Å². The maximum absolute atomic E-state index is 13.6. The highest BCUT2D eigenvalue weighted by molar-refractivity contribution is 5.93. The molecule has 0 aromatic rings. The average Bonchev–Trinajstić information content (AvgIpc) is 3.43. The van der Waals surface area contributed by atoms with Crippen molar-refractivity contribution in [2.45, 2.75) is 121 Å². The summed E-state index contributed by atoms with van der Waals surface area (Å²) in [6, 6.07) is -2.69. The lowest BCUT2D eigenvalue weighted by Gasteiger charge is -2.25. The quantitative estimate of drug-likeness (QED) is 0.114. The van der Waals surface area contributed by atoms with Gasteiger partial charge < -0.3 is 31.9 Å². The summed E-state index contributed by atoms with van der Waals surface area (Å²) in [6.45, 7) is 4.93. The molecular formula is C35H54N6O4. The molecule has 0 saturated heterocycles. The topological polar surface area (TPSA) is 140 Å². The number of amides is 5. The second kappa shape index (κ2) is 20.4. The lowest BCUT2D eigenvalue weighted by atomic mass is 10.0. The number of hydrogen-bond acceptors (Lipinski definition) is 5. The van der Waals surface area contributed by atoms with Crippen molar-refractivity contribution in [3.63, 3.8) is 0 Å². The van der Waals surface area contributed by atoms with Crippen LogP contribution in [0.5, 0.6) is 0 Å². The summed E-state index contributed by atoms with van der Waals surface area (Å²) in [7, 11) is 0. The fourth-order valence-corrected chi connectivity index (χ4v) is 5.64. The first kappa shape index (κ1) is 35.8. The fraction of sp³-hybridized carbons (Fsp3) is 0.600. The summed E-state index contributed by atoms with van der Waals surface area (Å²) in [6.07, 6.45) is 29.5. The maximum Gasteiger partial charge on any atom is 0.315 e. The van der Waals surface area contributed by atoms with Crippen molar-refractivity contribution >= 4 is 23.8 Å². The van der Waals surface area contributed by atoms with Crippen LogP contribution in [0.3, 0.4) is 0 Å². The molecule has 3 unspecified atom stereocenters. The first-order valence-electron chi connectivity index (χ1n) is 17.0. The van der Waals surface area contributed by atoms with Crippen LogP contribution in [-0.2, 0) is 14.4 Å². The van der Waals surface area contributed by atoms with E-state index in [0.717, 1.165) is 24.8 Å². The number of carbonyl (C=O) groups excluding carboxylic acids is 4. The van der Waals surface area contributed by atoms with Crippen LogP contribution in [0.1, 0.15) is 90.9 Å². The van der Waals surface area contributed by atoms with Gasteiger partial charge in [0.05, 0.1) is 6.04 Å². The van der Waals surface area contributed by atoms with Crippen LogP contribution in [0, 0.1) is 0 Å². The van der Waals surface area contributed by atoms with E-state index in [2.05, 4.69) is 51.0 Å². The highest BCUT2D eigenvalue weighted by atomic mass is 16.2. The molecule has 2 aliphatic heterocycles. The van der Waals surface area contributed by atoms with Gasteiger partial charge in [-0.1, -0.05) is 113 Å². The molecule has 2 heterocycles. The SMILES string of the molecule is CCCCCCCCCCCCNC(=O)NC(CC1C=C2C=CC=CC2N1)C(=O)N[C@H]1/C=C/CCNC(=O)/C=C/[C@H](C)NC1=O. The number of hydrogen-bond donors (Lipinski definition) is 6. The van der Waals surface area contributed by atoms with Crippen LogP contribution in [0.2, 0.25) is 0 Å². The van der Waals surface area contributed by atoms with E-state index in [9.17, 15) is 19.2 Å². The first-order valence-corrected chi connectivity index (χ1v) is 17.0. The van der Waals surface area contributed by atoms with Gasteiger partial charge in [-0.3, -0.25) is 14.4 Å². The van der Waals surface area contributed by atoms with Crippen LogP contribution < -0.4 is 31.9 Å². The lowest BCUT2D eigenvalue weighted by molar-refractivity contribution is -0.129. The van der Waals surface area contributed by atoms with E-state index in [1.807, 2.05) is 18.2 Å². The molecule has 0 saturated carbocycles. The number of fused-ring (bicyclic) bond motifs is 1. The zero-order valence-electron chi connectivity index (χ0n) is 27.1. The average molecular weight is 623 g/mol. The normalized spacial score (nSPS) is 25.0. The molecule has 10 nitrogen and oxygen atoms in total. The fourth-order valence-electron chi connectivity index (χ4n) is 5.64. The van der Waals surface area contributed by atoms with E-state index in [-0.39, 0.29) is 18.0 Å². The van der Waals surface area contributed by atoms with Gasteiger partial charge in [-0.25, -0.2) is 4.79 Å². The minimum atomic E-state index is -0.939. The van der Waals surface area contributed by atoms with Crippen molar-refractivity contribution in [1.82, 2.24) is 31.9 Å². The van der Waals surface area contributed by atoms with Gasteiger partial charge in [-0.05, 0) is 31.8 Å². The molecule has 0 aromatic carbocycles. The van der Waals surface area contributed by atoms with E-state index < -0.39 is 36.0 Å². The van der Waals surface area contributed by atoms with Crippen LogP contribution >= 0.6 is 0 Å². The second-order valence-corrected chi connectivity index (χ2v) is 12.2. The van der Waals surface area contributed by atoms with E-state index in [1.54, 1.807) is 25.2 Å². The molecule has 5 atom stereocenters. The van der Waals surface area contributed by atoms with E-state index in [1.165, 1.54) is 51.0 Å². The minimum Gasteiger partial charge on any atom is -0.352 e. The van der Waals surface area contributed by atoms with Crippen molar-refractivity contribution in [2.75, 3.05) is 13.1 Å². The Balaban J connectivity index is 1.54. The van der Waals surface area contributed by atoms with Gasteiger partial charge in [0.2, 0.25) is 17.7 Å². The van der Waals surface area contributed by atoms with Gasteiger partial charge in [-0.2, -0.15) is 0 Å². The van der Waals surface area contributed by atoms with Crippen molar-refractivity contribution in [3.8, 4) is 0 Å². The standard InChI is InChI=1S/C35H54N6O4/c1-3-4-5-6-7-8-9-10-11-15-23-37-35(45)41-31(25-28-24-27-17-12-13-18-29(27)39-28)34(44)40-30-19-14-16-22-36-32(42)21-20-26(2)38-33(30)43/h12-14,17-21,24,26,28-31,39H,3-11,15-16,22-23,25H2,1-2H3,(H,36,42)(H,38,43)(H,40,44)(H2,37,41,45)/b19-14+,21-20+/t26-,28?,29?,30-,31?/m0/s1. The zero-order chi connectivity index (χ0) is 32.3. The highest BCUT2D eigenvalue weighted by Gasteiger charge is 2.31. The van der Waals surface area contributed by atoms with Crippen LogP contribution in [0.4, 0.5) is 4.79 Å². The molecule has 3 aliphatic rings. The molecule has 0 fully saturated rings. The smallest absolute Gasteiger partial charge is 0.315 e. The summed E-state index contributed by atoms with van der Waals surface area (Å²) < 4.78 is 0. The first-order chi connectivity index (χ1) is 21.9. The maximum atomic E-state index is 13.6. The van der Waals surface area contributed by atoms with E-state index in [4.69, 9.17) is 0 Å². The van der Waals surface area contributed by atoms with Crippen molar-refractivity contribution in [3.05, 3.63) is 60.3 Å². The monoisotopic (exact) mass is 622 g/mol. The van der Waals surface area contributed by atoms with E-state index >= 15 is 0 Å². The van der Waals surface area contributed by atoms with Crippen molar-refractivity contribution in [2.24, 2.45) is 0 Å². The third-order valence-corrected chi connectivity index (χ3v) is 8.20. The molecular weight excluding hydrogens is 568 g/mol. The number of urea groups is 1. The largest absolute Gasteiger partial charge is 0.352 e. The predicted molar refractivity (Wildman–Crippen MR) is 179 cm³/mol. The molecule has 10 heteroatoms. The third kappa shape index (κ3) is 13.9. The number of rotatable bonds is 16. The Labute approximate surface area is 269 Å². The van der Waals surface area contributed by atoms with Crippen molar-refractivity contribution < 1.29 is 19.2 Å². The molecule has 5 amide bonds. The Hall–Kier alpha value is -3.66. The minimum absolute atomic E-state index is 0.0731. The van der Waals surface area contributed by atoms with Gasteiger partial charge in [0, 0.05) is 31.2 Å². The van der Waals surface area contributed by atoms with E-state index in [0.29, 0.717) is 25.9 Å². The number of nitrogens with one attached hydrogen (secondary N) is 6.